The van der Waals surface area contributed by atoms with Gasteiger partial charge in [0.25, 0.3) is 5.69 Å². The van der Waals surface area contributed by atoms with Crippen LogP contribution in [0.15, 0.2) is 35.7 Å². The molecule has 0 saturated heterocycles. The number of rotatable bonds is 6. The first-order valence-electron chi connectivity index (χ1n) is 8.81. The molecule has 27 heavy (non-hydrogen) atoms. The summed E-state index contributed by atoms with van der Waals surface area (Å²) in [6.07, 6.45) is 1.13. The first kappa shape index (κ1) is 19.0. The van der Waals surface area contributed by atoms with Gasteiger partial charge in [0.2, 0.25) is 11.8 Å². The monoisotopic (exact) mass is 387 g/mol. The summed E-state index contributed by atoms with van der Waals surface area (Å²) in [5.41, 5.74) is 1.84. The third-order valence-corrected chi connectivity index (χ3v) is 5.71. The van der Waals surface area contributed by atoms with E-state index in [-0.39, 0.29) is 36.4 Å². The molecule has 1 atom stereocenters. The number of nitrogens with one attached hydrogen (secondary N) is 1. The Kier molecular flexibility index (Phi) is 5.85. The van der Waals surface area contributed by atoms with Crippen LogP contribution in [-0.2, 0) is 22.6 Å². The fraction of sp³-hybridized carbons (Fsp3) is 0.368. The largest absolute Gasteiger partial charge is 0.350 e. The van der Waals surface area contributed by atoms with E-state index < -0.39 is 4.92 Å². The lowest BCUT2D eigenvalue weighted by Crippen LogP contribution is -2.36. The molecule has 7 nitrogen and oxygen atoms in total. The molecule has 2 aromatic rings. The first-order chi connectivity index (χ1) is 12.9. The number of hydrogen-bond donors (Lipinski definition) is 1. The van der Waals surface area contributed by atoms with Gasteiger partial charge in [0.15, 0.2) is 0 Å². The molecule has 0 fully saturated rings. The van der Waals surface area contributed by atoms with E-state index in [0.29, 0.717) is 18.7 Å². The zero-order valence-corrected chi connectivity index (χ0v) is 15.8. The standard InChI is InChI=1S/C19H21N3O4S/c1-13(14-3-2-4-16(11-14)22(25)26)20-18(23)5-6-19(24)21-9-7-17-15(12-21)8-10-27-17/h2-4,8,10-11,13H,5-7,9,12H2,1H3,(H,20,23). The number of fused-ring (bicyclic) bond motifs is 1. The predicted octanol–water partition coefficient (Wildman–Crippen LogP) is 3.20. The Labute approximate surface area is 161 Å². The molecule has 2 amide bonds. The van der Waals surface area contributed by atoms with Crippen molar-refractivity contribution in [3.8, 4) is 0 Å². The summed E-state index contributed by atoms with van der Waals surface area (Å²) in [6, 6.07) is 7.86. The van der Waals surface area contributed by atoms with Crippen molar-refractivity contribution in [2.24, 2.45) is 0 Å². The Morgan fingerprint density at radius 2 is 2.15 bits per heavy atom. The highest BCUT2D eigenvalue weighted by molar-refractivity contribution is 7.10. The Hall–Kier alpha value is -2.74. The van der Waals surface area contributed by atoms with Crippen molar-refractivity contribution in [2.75, 3.05) is 6.54 Å². The molecule has 2 heterocycles. The van der Waals surface area contributed by atoms with Gasteiger partial charge in [-0.3, -0.25) is 19.7 Å². The van der Waals surface area contributed by atoms with E-state index >= 15 is 0 Å². The lowest BCUT2D eigenvalue weighted by Gasteiger charge is -2.27. The van der Waals surface area contributed by atoms with E-state index in [1.165, 1.54) is 22.6 Å². The molecule has 1 aromatic carbocycles. The van der Waals surface area contributed by atoms with E-state index in [1.54, 1.807) is 35.3 Å². The summed E-state index contributed by atoms with van der Waals surface area (Å²) >= 11 is 1.72. The Morgan fingerprint density at radius 1 is 1.33 bits per heavy atom. The van der Waals surface area contributed by atoms with Crippen LogP contribution in [0.1, 0.15) is 41.8 Å². The van der Waals surface area contributed by atoms with Gasteiger partial charge >= 0.3 is 0 Å². The molecule has 8 heteroatoms. The highest BCUT2D eigenvalue weighted by Crippen LogP contribution is 2.24. The highest BCUT2D eigenvalue weighted by Gasteiger charge is 2.22. The van der Waals surface area contributed by atoms with Crippen LogP contribution in [-0.4, -0.2) is 28.2 Å². The third-order valence-electron chi connectivity index (χ3n) is 4.68. The molecule has 1 aliphatic heterocycles. The van der Waals surface area contributed by atoms with Gasteiger partial charge in [-0.05, 0) is 35.9 Å². The van der Waals surface area contributed by atoms with Crippen LogP contribution >= 0.6 is 11.3 Å². The minimum Gasteiger partial charge on any atom is -0.350 e. The van der Waals surface area contributed by atoms with Crippen molar-refractivity contribution >= 4 is 28.8 Å². The van der Waals surface area contributed by atoms with Crippen molar-refractivity contribution in [3.05, 3.63) is 61.8 Å². The van der Waals surface area contributed by atoms with Gasteiger partial charge in [-0.15, -0.1) is 11.3 Å². The molecule has 142 valence electrons. The molecule has 0 radical (unpaired) electrons. The van der Waals surface area contributed by atoms with Gasteiger partial charge in [0.05, 0.1) is 11.0 Å². The number of hydrogen-bond acceptors (Lipinski definition) is 5. The molecule has 0 bridgehead atoms. The smallest absolute Gasteiger partial charge is 0.269 e. The summed E-state index contributed by atoms with van der Waals surface area (Å²) in [5.74, 6) is -0.263. The topological polar surface area (TPSA) is 92.6 Å². The molecular formula is C19H21N3O4S. The predicted molar refractivity (Wildman–Crippen MR) is 102 cm³/mol. The van der Waals surface area contributed by atoms with Crippen molar-refractivity contribution in [3.63, 3.8) is 0 Å². The second-order valence-electron chi connectivity index (χ2n) is 6.58. The minimum absolute atomic E-state index is 0.0123. The summed E-state index contributed by atoms with van der Waals surface area (Å²) in [4.78, 5) is 38.1. The van der Waals surface area contributed by atoms with E-state index in [9.17, 15) is 19.7 Å². The Morgan fingerprint density at radius 3 is 2.93 bits per heavy atom. The average Bonchev–Trinajstić information content (AvgIpc) is 3.13. The van der Waals surface area contributed by atoms with Crippen molar-refractivity contribution in [1.82, 2.24) is 10.2 Å². The quantitative estimate of drug-likeness (QED) is 0.608. The summed E-state index contributed by atoms with van der Waals surface area (Å²) < 4.78 is 0. The van der Waals surface area contributed by atoms with Crippen molar-refractivity contribution in [1.29, 1.82) is 0 Å². The van der Waals surface area contributed by atoms with E-state index in [1.807, 2.05) is 11.4 Å². The second kappa shape index (κ2) is 8.30. The van der Waals surface area contributed by atoms with Crippen LogP contribution < -0.4 is 5.32 Å². The van der Waals surface area contributed by atoms with Gasteiger partial charge < -0.3 is 10.2 Å². The van der Waals surface area contributed by atoms with Gasteiger partial charge in [0, 0.05) is 42.9 Å². The van der Waals surface area contributed by atoms with Crippen LogP contribution in [0.25, 0.3) is 0 Å². The van der Waals surface area contributed by atoms with Gasteiger partial charge in [-0.25, -0.2) is 0 Å². The maximum Gasteiger partial charge on any atom is 0.269 e. The molecule has 3 rings (SSSR count). The SMILES string of the molecule is CC(NC(=O)CCC(=O)N1CCc2sccc2C1)c1cccc([N+](=O)[O-])c1. The summed E-state index contributed by atoms with van der Waals surface area (Å²) in [7, 11) is 0. The first-order valence-corrected chi connectivity index (χ1v) is 9.68. The van der Waals surface area contributed by atoms with Crippen LogP contribution in [0.5, 0.6) is 0 Å². The molecular weight excluding hydrogens is 366 g/mol. The number of carbonyl (C=O) groups excluding carboxylic acids is 2. The fourth-order valence-corrected chi connectivity index (χ4v) is 4.03. The van der Waals surface area contributed by atoms with Crippen LogP contribution in [0.2, 0.25) is 0 Å². The molecule has 1 aromatic heterocycles. The Balaban J connectivity index is 1.49. The lowest BCUT2D eigenvalue weighted by molar-refractivity contribution is -0.384. The van der Waals surface area contributed by atoms with Crippen LogP contribution in [0.3, 0.4) is 0 Å². The maximum atomic E-state index is 12.4. The molecule has 0 spiro atoms. The summed E-state index contributed by atoms with van der Waals surface area (Å²) in [6.45, 7) is 3.07. The number of nitro benzene ring substituents is 1. The lowest BCUT2D eigenvalue weighted by atomic mass is 10.1. The number of nitrogens with zero attached hydrogens (tertiary/aromatic N) is 2. The maximum absolute atomic E-state index is 12.4. The van der Waals surface area contributed by atoms with Crippen LogP contribution in [0, 0.1) is 10.1 Å². The van der Waals surface area contributed by atoms with Crippen molar-refractivity contribution < 1.29 is 14.5 Å². The normalized spacial score (nSPS) is 14.3. The number of amides is 2. The molecule has 1 unspecified atom stereocenters. The van der Waals surface area contributed by atoms with Gasteiger partial charge in [-0.2, -0.15) is 0 Å². The minimum atomic E-state index is -0.464. The van der Waals surface area contributed by atoms with E-state index in [2.05, 4.69) is 5.32 Å². The number of carbonyl (C=O) groups is 2. The number of non-ortho nitro benzene ring substituents is 1. The Bertz CT molecular complexity index is 864. The van der Waals surface area contributed by atoms with E-state index in [4.69, 9.17) is 0 Å². The molecule has 1 aliphatic rings. The highest BCUT2D eigenvalue weighted by atomic mass is 32.1. The van der Waals surface area contributed by atoms with Gasteiger partial charge in [-0.1, -0.05) is 12.1 Å². The molecule has 0 saturated carbocycles. The zero-order valence-electron chi connectivity index (χ0n) is 15.0. The number of thiophene rings is 1. The van der Waals surface area contributed by atoms with Crippen LogP contribution in [0.4, 0.5) is 5.69 Å². The summed E-state index contributed by atoms with van der Waals surface area (Å²) in [5, 5.41) is 15.7. The number of benzene rings is 1. The van der Waals surface area contributed by atoms with Crippen molar-refractivity contribution in [2.45, 2.75) is 38.8 Å². The number of nitro groups is 1. The third kappa shape index (κ3) is 4.71. The average molecular weight is 387 g/mol. The fourth-order valence-electron chi connectivity index (χ4n) is 3.14. The second-order valence-corrected chi connectivity index (χ2v) is 7.58. The van der Waals surface area contributed by atoms with E-state index in [0.717, 1.165) is 6.42 Å². The molecule has 0 aliphatic carbocycles. The zero-order chi connectivity index (χ0) is 19.4. The van der Waals surface area contributed by atoms with Gasteiger partial charge in [0.1, 0.15) is 0 Å². The molecule has 1 N–H and O–H groups in total.